The molecule has 2 unspecified atom stereocenters. The zero-order chi connectivity index (χ0) is 19.2. The molecule has 1 saturated heterocycles. The predicted octanol–water partition coefficient (Wildman–Crippen LogP) is 4.42. The van der Waals surface area contributed by atoms with Gasteiger partial charge in [-0.15, -0.1) is 11.3 Å². The van der Waals surface area contributed by atoms with Gasteiger partial charge in [0.05, 0.1) is 24.9 Å². The van der Waals surface area contributed by atoms with Crippen LogP contribution in [-0.2, 0) is 6.54 Å². The van der Waals surface area contributed by atoms with Gasteiger partial charge in [-0.3, -0.25) is 9.48 Å². The van der Waals surface area contributed by atoms with Crippen LogP contribution >= 0.6 is 11.3 Å². The minimum Gasteiger partial charge on any atom is -0.394 e. The summed E-state index contributed by atoms with van der Waals surface area (Å²) in [7, 11) is 0. The van der Waals surface area contributed by atoms with E-state index in [4.69, 9.17) is 5.11 Å². The second-order valence-electron chi connectivity index (χ2n) is 7.17. The first kappa shape index (κ1) is 20.1. The fourth-order valence-electron chi connectivity index (χ4n) is 4.36. The van der Waals surface area contributed by atoms with Gasteiger partial charge in [-0.1, -0.05) is 26.7 Å². The molecular formula is C21H31N3O2S. The van der Waals surface area contributed by atoms with Crippen LogP contribution in [0.4, 0.5) is 0 Å². The highest BCUT2D eigenvalue weighted by molar-refractivity contribution is 7.13. The van der Waals surface area contributed by atoms with Crippen LogP contribution in [0, 0.1) is 5.92 Å². The summed E-state index contributed by atoms with van der Waals surface area (Å²) in [5, 5.41) is 15.2. The number of aromatic nitrogens is 2. The SMILES string of the molecule is CC.O=C(c1csc(-c2cnn(CCO)c2)c1)N1CCCC2CCCCC21. The van der Waals surface area contributed by atoms with E-state index in [0.29, 0.717) is 18.5 Å². The molecule has 1 N–H and O–H groups in total. The van der Waals surface area contributed by atoms with Crippen LogP contribution in [0.2, 0.25) is 0 Å². The monoisotopic (exact) mass is 389 g/mol. The molecule has 0 radical (unpaired) electrons. The lowest BCUT2D eigenvalue weighted by Crippen LogP contribution is -2.49. The molecule has 2 aromatic rings. The quantitative estimate of drug-likeness (QED) is 0.842. The van der Waals surface area contributed by atoms with Crippen molar-refractivity contribution < 1.29 is 9.90 Å². The zero-order valence-corrected chi connectivity index (χ0v) is 17.2. The fraction of sp³-hybridized carbons (Fsp3) is 0.619. The van der Waals surface area contributed by atoms with Crippen LogP contribution in [0.3, 0.4) is 0 Å². The fourth-order valence-corrected chi connectivity index (χ4v) is 5.22. The second kappa shape index (κ2) is 9.51. The van der Waals surface area contributed by atoms with Crippen LogP contribution in [0.15, 0.2) is 23.8 Å². The highest BCUT2D eigenvalue weighted by atomic mass is 32.1. The van der Waals surface area contributed by atoms with Crippen molar-refractivity contribution in [2.24, 2.45) is 5.92 Å². The van der Waals surface area contributed by atoms with Crippen molar-refractivity contribution in [1.82, 2.24) is 14.7 Å². The minimum absolute atomic E-state index is 0.0762. The van der Waals surface area contributed by atoms with Crippen LogP contribution in [0.5, 0.6) is 0 Å². The third-order valence-electron chi connectivity index (χ3n) is 5.60. The van der Waals surface area contributed by atoms with Gasteiger partial charge in [0.1, 0.15) is 0 Å². The maximum atomic E-state index is 13.1. The standard InChI is InChI=1S/C19H25N3O2S.C2H6/c23-9-8-21-12-16(11-20-21)18-10-15(13-25-18)19(24)22-7-3-5-14-4-1-2-6-17(14)22;1-2/h10-14,17,23H,1-9H2;1-2H3. The van der Waals surface area contributed by atoms with Crippen LogP contribution in [0.1, 0.15) is 62.7 Å². The normalized spacial score (nSPS) is 22.0. The second-order valence-corrected chi connectivity index (χ2v) is 8.08. The topological polar surface area (TPSA) is 58.4 Å². The first-order valence-corrected chi connectivity index (χ1v) is 11.2. The minimum atomic E-state index is 0.0762. The molecule has 2 aromatic heterocycles. The Morgan fingerprint density at radius 1 is 1.26 bits per heavy atom. The van der Waals surface area contributed by atoms with Crippen molar-refractivity contribution in [3.8, 4) is 10.4 Å². The lowest BCUT2D eigenvalue weighted by molar-refractivity contribution is 0.0391. The van der Waals surface area contributed by atoms with Crippen LogP contribution in [-0.4, -0.2) is 44.9 Å². The number of aliphatic hydroxyl groups is 1. The zero-order valence-electron chi connectivity index (χ0n) is 16.4. The molecule has 0 bridgehead atoms. The summed E-state index contributed by atoms with van der Waals surface area (Å²) >= 11 is 1.59. The Kier molecular flexibility index (Phi) is 7.07. The summed E-state index contributed by atoms with van der Waals surface area (Å²) in [5.74, 6) is 0.906. The average molecular weight is 390 g/mol. The smallest absolute Gasteiger partial charge is 0.254 e. The molecule has 5 nitrogen and oxygen atoms in total. The van der Waals surface area contributed by atoms with E-state index in [2.05, 4.69) is 10.00 Å². The highest BCUT2D eigenvalue weighted by Crippen LogP contribution is 2.36. The Morgan fingerprint density at radius 2 is 2.04 bits per heavy atom. The van der Waals surface area contributed by atoms with E-state index in [0.717, 1.165) is 29.0 Å². The molecular weight excluding hydrogens is 358 g/mol. The van der Waals surface area contributed by atoms with Gasteiger partial charge in [-0.2, -0.15) is 5.10 Å². The predicted molar refractivity (Wildman–Crippen MR) is 110 cm³/mol. The summed E-state index contributed by atoms with van der Waals surface area (Å²) in [4.78, 5) is 16.3. The third-order valence-corrected chi connectivity index (χ3v) is 6.58. The number of hydrogen-bond acceptors (Lipinski definition) is 4. The molecule has 1 aliphatic carbocycles. The largest absolute Gasteiger partial charge is 0.394 e. The Morgan fingerprint density at radius 3 is 2.85 bits per heavy atom. The molecule has 3 heterocycles. The lowest BCUT2D eigenvalue weighted by Gasteiger charge is -2.44. The molecule has 1 aliphatic heterocycles. The Balaban J connectivity index is 0.00000102. The van der Waals surface area contributed by atoms with Crippen molar-refractivity contribution in [3.05, 3.63) is 29.4 Å². The summed E-state index contributed by atoms with van der Waals surface area (Å²) in [6.07, 6.45) is 11.2. The number of thiophene rings is 1. The van der Waals surface area contributed by atoms with Gasteiger partial charge in [0.15, 0.2) is 0 Å². The van der Waals surface area contributed by atoms with Crippen molar-refractivity contribution in [2.45, 2.75) is 65.0 Å². The van der Waals surface area contributed by atoms with Crippen molar-refractivity contribution in [3.63, 3.8) is 0 Å². The Hall–Kier alpha value is -1.66. The first-order chi connectivity index (χ1) is 13.3. The number of piperidine rings is 1. The van der Waals surface area contributed by atoms with Crippen LogP contribution in [0.25, 0.3) is 10.4 Å². The number of likely N-dealkylation sites (tertiary alicyclic amines) is 1. The molecule has 1 amide bonds. The molecule has 4 rings (SSSR count). The van der Waals surface area contributed by atoms with Gasteiger partial charge in [-0.25, -0.2) is 0 Å². The van der Waals surface area contributed by atoms with Crippen LogP contribution < -0.4 is 0 Å². The molecule has 0 aromatic carbocycles. The maximum Gasteiger partial charge on any atom is 0.254 e. The molecule has 148 valence electrons. The van der Waals surface area contributed by atoms with Gasteiger partial charge in [0.2, 0.25) is 0 Å². The van der Waals surface area contributed by atoms with E-state index in [1.54, 1.807) is 22.2 Å². The number of nitrogens with zero attached hydrogens (tertiary/aromatic N) is 3. The molecule has 0 spiro atoms. The van der Waals surface area contributed by atoms with Crippen molar-refractivity contribution >= 4 is 17.2 Å². The summed E-state index contributed by atoms with van der Waals surface area (Å²) in [6.45, 7) is 5.47. The molecule has 6 heteroatoms. The van der Waals surface area contributed by atoms with Gasteiger partial charge < -0.3 is 10.0 Å². The van der Waals surface area contributed by atoms with Crippen molar-refractivity contribution in [2.75, 3.05) is 13.2 Å². The van der Waals surface area contributed by atoms with Gasteiger partial charge in [0.25, 0.3) is 5.91 Å². The molecule has 1 saturated carbocycles. The molecule has 2 aliphatic rings. The van der Waals surface area contributed by atoms with E-state index < -0.39 is 0 Å². The van der Waals surface area contributed by atoms with E-state index >= 15 is 0 Å². The maximum absolute atomic E-state index is 13.1. The summed E-state index contributed by atoms with van der Waals surface area (Å²) in [6, 6.07) is 2.45. The lowest BCUT2D eigenvalue weighted by atomic mass is 9.78. The molecule has 2 fully saturated rings. The Labute approximate surface area is 166 Å². The number of aliphatic hydroxyl groups excluding tert-OH is 1. The van der Waals surface area contributed by atoms with Gasteiger partial charge in [0, 0.05) is 34.6 Å². The van der Waals surface area contributed by atoms with E-state index in [9.17, 15) is 4.79 Å². The number of fused-ring (bicyclic) bond motifs is 1. The van der Waals surface area contributed by atoms with E-state index in [1.807, 2.05) is 31.5 Å². The third kappa shape index (κ3) is 4.43. The summed E-state index contributed by atoms with van der Waals surface area (Å²) < 4.78 is 1.73. The Bertz CT molecular complexity index is 737. The van der Waals surface area contributed by atoms with Gasteiger partial charge in [-0.05, 0) is 37.7 Å². The number of hydrogen-bond donors (Lipinski definition) is 1. The average Bonchev–Trinajstić information content (AvgIpc) is 3.38. The number of carbonyl (C=O) groups is 1. The highest BCUT2D eigenvalue weighted by Gasteiger charge is 2.36. The first-order valence-electron chi connectivity index (χ1n) is 10.3. The number of amides is 1. The number of carbonyl (C=O) groups excluding carboxylic acids is 1. The van der Waals surface area contributed by atoms with Crippen molar-refractivity contribution in [1.29, 1.82) is 0 Å². The van der Waals surface area contributed by atoms with Gasteiger partial charge >= 0.3 is 0 Å². The molecule has 2 atom stereocenters. The van der Waals surface area contributed by atoms with E-state index in [1.165, 1.54) is 32.1 Å². The number of rotatable bonds is 4. The summed E-state index contributed by atoms with van der Waals surface area (Å²) in [5.41, 5.74) is 1.81. The molecule has 27 heavy (non-hydrogen) atoms. The van der Waals surface area contributed by atoms with E-state index in [-0.39, 0.29) is 12.5 Å².